The van der Waals surface area contributed by atoms with E-state index in [4.69, 9.17) is 10.4 Å². The predicted molar refractivity (Wildman–Crippen MR) is 71.2 cm³/mol. The first kappa shape index (κ1) is 14.7. The number of carbonyl (C=O) groups is 1. The number of hydrogen-bond donors (Lipinski definition) is 1. The molecule has 0 spiro atoms. The van der Waals surface area contributed by atoms with E-state index in [1.54, 1.807) is 24.9 Å². The molecule has 0 aliphatic rings. The number of carboxylic acids is 1. The maximum absolute atomic E-state index is 13.9. The van der Waals surface area contributed by atoms with Gasteiger partial charge in [0.05, 0.1) is 18.2 Å². The summed E-state index contributed by atoms with van der Waals surface area (Å²) < 4.78 is 13.9. The Morgan fingerprint density at radius 1 is 1.63 bits per heavy atom. The monoisotopic (exact) mass is 262 g/mol. The van der Waals surface area contributed by atoms with Crippen LogP contribution in [0.25, 0.3) is 6.08 Å². The summed E-state index contributed by atoms with van der Waals surface area (Å²) in [5, 5.41) is 17.3. The summed E-state index contributed by atoms with van der Waals surface area (Å²) in [5.74, 6) is -1.54. The third kappa shape index (κ3) is 3.81. The van der Waals surface area contributed by atoms with E-state index < -0.39 is 11.8 Å². The van der Waals surface area contributed by atoms with E-state index in [-0.39, 0.29) is 12.5 Å². The van der Waals surface area contributed by atoms with Crippen LogP contribution in [0.1, 0.15) is 18.9 Å². The highest BCUT2D eigenvalue weighted by atomic mass is 19.1. The van der Waals surface area contributed by atoms with Crippen LogP contribution in [-0.4, -0.2) is 24.2 Å². The average Bonchev–Trinajstić information content (AvgIpc) is 2.35. The third-order valence-corrected chi connectivity index (χ3v) is 2.82. The zero-order valence-electron chi connectivity index (χ0n) is 10.8. The smallest absolute Gasteiger partial charge is 0.328 e. The van der Waals surface area contributed by atoms with Crippen molar-refractivity contribution in [3.05, 3.63) is 35.7 Å². The van der Waals surface area contributed by atoms with Crippen LogP contribution < -0.4 is 4.90 Å². The summed E-state index contributed by atoms with van der Waals surface area (Å²) in [5.41, 5.74) is 0.762. The minimum absolute atomic E-state index is 0.168. The van der Waals surface area contributed by atoms with Gasteiger partial charge in [-0.25, -0.2) is 9.18 Å². The molecule has 1 rings (SSSR count). The Morgan fingerprint density at radius 3 is 2.89 bits per heavy atom. The molecule has 0 radical (unpaired) electrons. The molecule has 0 saturated heterocycles. The molecule has 0 heterocycles. The second-order valence-electron chi connectivity index (χ2n) is 4.17. The van der Waals surface area contributed by atoms with Crippen molar-refractivity contribution in [3.63, 3.8) is 0 Å². The summed E-state index contributed by atoms with van der Waals surface area (Å²) in [6.07, 6.45) is 2.56. The van der Waals surface area contributed by atoms with E-state index in [9.17, 15) is 9.18 Å². The fourth-order valence-electron chi connectivity index (χ4n) is 1.69. The summed E-state index contributed by atoms with van der Waals surface area (Å²) in [4.78, 5) is 12.2. The van der Waals surface area contributed by atoms with Crippen molar-refractivity contribution in [2.45, 2.75) is 19.4 Å². The van der Waals surface area contributed by atoms with Crippen LogP contribution in [-0.2, 0) is 4.79 Å². The van der Waals surface area contributed by atoms with Crippen molar-refractivity contribution in [2.24, 2.45) is 0 Å². The number of nitriles is 1. The Morgan fingerprint density at radius 2 is 2.32 bits per heavy atom. The normalized spacial score (nSPS) is 12.1. The molecule has 0 aromatic heterocycles. The molecular weight excluding hydrogens is 247 g/mol. The number of aliphatic carboxylic acids is 1. The van der Waals surface area contributed by atoms with Gasteiger partial charge in [0, 0.05) is 24.7 Å². The van der Waals surface area contributed by atoms with Gasteiger partial charge in [-0.3, -0.25) is 0 Å². The average molecular weight is 262 g/mol. The Balaban J connectivity index is 3.18. The molecule has 0 fully saturated rings. The first-order chi connectivity index (χ1) is 8.97. The topological polar surface area (TPSA) is 64.3 Å². The van der Waals surface area contributed by atoms with Gasteiger partial charge in [0.25, 0.3) is 0 Å². The highest BCUT2D eigenvalue weighted by Gasteiger charge is 2.16. The van der Waals surface area contributed by atoms with E-state index in [0.717, 1.165) is 6.08 Å². The van der Waals surface area contributed by atoms with E-state index in [0.29, 0.717) is 11.3 Å². The first-order valence-corrected chi connectivity index (χ1v) is 5.76. The number of carboxylic acid groups (broad SMARTS) is 1. The molecule has 0 aliphatic carbocycles. The lowest BCUT2D eigenvalue weighted by molar-refractivity contribution is -0.131. The van der Waals surface area contributed by atoms with Crippen molar-refractivity contribution < 1.29 is 14.3 Å². The number of rotatable bonds is 5. The molecule has 4 nitrogen and oxygen atoms in total. The number of nitrogens with zero attached hydrogens (tertiary/aromatic N) is 2. The molecular formula is C14H15FN2O2. The Hall–Kier alpha value is -2.35. The molecule has 1 aromatic carbocycles. The van der Waals surface area contributed by atoms with Gasteiger partial charge in [0.2, 0.25) is 0 Å². The quantitative estimate of drug-likeness (QED) is 0.828. The number of para-hydroxylation sites is 1. The maximum atomic E-state index is 13.9. The molecule has 0 amide bonds. The van der Waals surface area contributed by atoms with Crippen molar-refractivity contribution in [1.29, 1.82) is 5.26 Å². The van der Waals surface area contributed by atoms with Crippen LogP contribution >= 0.6 is 0 Å². The number of hydrogen-bond acceptors (Lipinski definition) is 3. The van der Waals surface area contributed by atoms with Crippen LogP contribution in [0.3, 0.4) is 0 Å². The molecule has 1 atom stereocenters. The van der Waals surface area contributed by atoms with Crippen LogP contribution in [0.5, 0.6) is 0 Å². The number of benzene rings is 1. The van der Waals surface area contributed by atoms with Crippen molar-refractivity contribution in [3.8, 4) is 6.07 Å². The standard InChI is InChI=1S/C14H15FN2O2/c1-10(8-9-16)17(2)14-11(6-7-13(18)19)4-3-5-12(14)15/h3-7,10H,8H2,1-2H3,(H,18,19)/b7-6+. The van der Waals surface area contributed by atoms with Gasteiger partial charge in [-0.1, -0.05) is 12.1 Å². The minimum Gasteiger partial charge on any atom is -0.478 e. The maximum Gasteiger partial charge on any atom is 0.328 e. The highest BCUT2D eigenvalue weighted by Crippen LogP contribution is 2.26. The molecule has 0 saturated carbocycles. The van der Waals surface area contributed by atoms with Crippen molar-refractivity contribution in [2.75, 3.05) is 11.9 Å². The van der Waals surface area contributed by atoms with Crippen LogP contribution in [0.15, 0.2) is 24.3 Å². The summed E-state index contributed by atoms with van der Waals surface area (Å²) in [6, 6.07) is 6.32. The second kappa shape index (κ2) is 6.55. The van der Waals surface area contributed by atoms with E-state index in [2.05, 4.69) is 0 Å². The molecule has 1 unspecified atom stereocenters. The van der Waals surface area contributed by atoms with Gasteiger partial charge < -0.3 is 10.0 Å². The van der Waals surface area contributed by atoms with Crippen molar-refractivity contribution >= 4 is 17.7 Å². The number of anilines is 1. The Bertz CT molecular complexity index is 535. The van der Waals surface area contributed by atoms with Gasteiger partial charge in [-0.2, -0.15) is 5.26 Å². The molecule has 1 aromatic rings. The third-order valence-electron chi connectivity index (χ3n) is 2.82. The first-order valence-electron chi connectivity index (χ1n) is 5.76. The SMILES string of the molecule is CC(CC#N)N(C)c1c(F)cccc1/C=C/C(=O)O. The van der Waals surface area contributed by atoms with E-state index >= 15 is 0 Å². The molecule has 0 bridgehead atoms. The summed E-state index contributed by atoms with van der Waals surface area (Å²) >= 11 is 0. The van der Waals surface area contributed by atoms with E-state index in [1.807, 2.05) is 6.07 Å². The summed E-state index contributed by atoms with van der Waals surface area (Å²) in [6.45, 7) is 1.81. The van der Waals surface area contributed by atoms with Crippen molar-refractivity contribution in [1.82, 2.24) is 0 Å². The molecule has 19 heavy (non-hydrogen) atoms. The highest BCUT2D eigenvalue weighted by molar-refractivity contribution is 5.87. The second-order valence-corrected chi connectivity index (χ2v) is 4.17. The Kier molecular flexibility index (Phi) is 5.07. The molecule has 5 heteroatoms. The van der Waals surface area contributed by atoms with Crippen LogP contribution in [0.2, 0.25) is 0 Å². The predicted octanol–water partition coefficient (Wildman–Crippen LogP) is 2.66. The van der Waals surface area contributed by atoms with E-state index in [1.165, 1.54) is 18.2 Å². The largest absolute Gasteiger partial charge is 0.478 e. The van der Waals surface area contributed by atoms with Gasteiger partial charge in [-0.05, 0) is 19.1 Å². The minimum atomic E-state index is -1.09. The van der Waals surface area contributed by atoms with Gasteiger partial charge in [0.15, 0.2) is 0 Å². The Labute approximate surface area is 111 Å². The fourth-order valence-corrected chi connectivity index (χ4v) is 1.69. The van der Waals surface area contributed by atoms with Gasteiger partial charge in [0.1, 0.15) is 5.82 Å². The summed E-state index contributed by atoms with van der Waals surface area (Å²) in [7, 11) is 1.68. The molecule has 0 aliphatic heterocycles. The number of halogens is 1. The zero-order chi connectivity index (χ0) is 14.4. The zero-order valence-corrected chi connectivity index (χ0v) is 10.8. The van der Waals surface area contributed by atoms with Gasteiger partial charge in [-0.15, -0.1) is 0 Å². The van der Waals surface area contributed by atoms with Gasteiger partial charge >= 0.3 is 5.97 Å². The van der Waals surface area contributed by atoms with Crippen LogP contribution in [0.4, 0.5) is 10.1 Å². The lowest BCUT2D eigenvalue weighted by atomic mass is 10.1. The lowest BCUT2D eigenvalue weighted by Crippen LogP contribution is -2.29. The molecule has 100 valence electrons. The van der Waals surface area contributed by atoms with Crippen LogP contribution in [0, 0.1) is 17.1 Å². The fraction of sp³-hybridized carbons (Fsp3) is 0.286. The molecule has 1 N–H and O–H groups in total. The lowest BCUT2D eigenvalue weighted by Gasteiger charge is -2.27.